The minimum absolute atomic E-state index is 0.305. The number of hydrogen-bond acceptors (Lipinski definition) is 3. The summed E-state index contributed by atoms with van der Waals surface area (Å²) in [6.45, 7) is 4.59. The second kappa shape index (κ2) is 3.59. The lowest BCUT2D eigenvalue weighted by atomic mass is 10.0. The third-order valence-electron chi connectivity index (χ3n) is 3.10. The van der Waals surface area contributed by atoms with Crippen molar-refractivity contribution >= 4 is 27.3 Å². The van der Waals surface area contributed by atoms with Crippen LogP contribution in [0, 0.1) is 11.3 Å². The van der Waals surface area contributed by atoms with Crippen molar-refractivity contribution < 1.29 is 0 Å². The van der Waals surface area contributed by atoms with Gasteiger partial charge in [0, 0.05) is 9.35 Å². The first-order valence-corrected chi connectivity index (χ1v) is 6.42. The first-order chi connectivity index (χ1) is 6.56. The summed E-state index contributed by atoms with van der Waals surface area (Å²) in [6, 6.07) is 2.39. The molecule has 4 heteroatoms. The van der Waals surface area contributed by atoms with Crippen LogP contribution >= 0.6 is 27.3 Å². The predicted molar refractivity (Wildman–Crippen MR) is 64.0 cm³/mol. The number of rotatable bonds is 3. The van der Waals surface area contributed by atoms with Gasteiger partial charge in [-0.2, -0.15) is 0 Å². The Kier molecular flexibility index (Phi) is 2.72. The average molecular weight is 275 g/mol. The van der Waals surface area contributed by atoms with E-state index in [0.717, 1.165) is 0 Å². The highest BCUT2D eigenvalue weighted by Gasteiger charge is 2.50. The number of hydrogen-bond donors (Lipinski definition) is 2. The van der Waals surface area contributed by atoms with Gasteiger partial charge in [0.15, 0.2) is 0 Å². The Morgan fingerprint density at radius 2 is 2.36 bits per heavy atom. The van der Waals surface area contributed by atoms with Gasteiger partial charge in [-0.25, -0.2) is 0 Å². The second-order valence-corrected chi connectivity index (χ2v) is 6.38. The fourth-order valence-corrected chi connectivity index (χ4v) is 3.72. The molecule has 1 saturated carbocycles. The van der Waals surface area contributed by atoms with Crippen LogP contribution in [0.1, 0.15) is 31.2 Å². The van der Waals surface area contributed by atoms with Gasteiger partial charge in [-0.15, -0.1) is 11.3 Å². The molecule has 3 N–H and O–H groups in total. The third-order valence-corrected chi connectivity index (χ3v) is 5.05. The Morgan fingerprint density at radius 1 is 1.71 bits per heavy atom. The number of nitrogens with two attached hydrogens (primary N) is 1. The molecule has 0 radical (unpaired) electrons. The standard InChI is InChI=1S/C10H15BrN2S/c1-10(2)5-6(10)8(13-12)9-7(11)3-4-14-9/h3-4,6,8,13H,5,12H2,1-2H3. The molecule has 1 aromatic heterocycles. The van der Waals surface area contributed by atoms with E-state index >= 15 is 0 Å². The van der Waals surface area contributed by atoms with Crippen molar-refractivity contribution in [2.45, 2.75) is 26.3 Å². The summed E-state index contributed by atoms with van der Waals surface area (Å²) in [4.78, 5) is 1.32. The largest absolute Gasteiger partial charge is 0.271 e. The summed E-state index contributed by atoms with van der Waals surface area (Å²) in [5.74, 6) is 6.30. The molecule has 14 heavy (non-hydrogen) atoms. The van der Waals surface area contributed by atoms with E-state index in [1.807, 2.05) is 0 Å². The molecule has 78 valence electrons. The maximum Gasteiger partial charge on any atom is 0.0598 e. The van der Waals surface area contributed by atoms with Crippen LogP contribution in [0.3, 0.4) is 0 Å². The van der Waals surface area contributed by atoms with Crippen LogP contribution in [-0.2, 0) is 0 Å². The van der Waals surface area contributed by atoms with Gasteiger partial charge < -0.3 is 0 Å². The monoisotopic (exact) mass is 274 g/mol. The summed E-state index contributed by atoms with van der Waals surface area (Å²) in [6.07, 6.45) is 1.26. The topological polar surface area (TPSA) is 38.0 Å². The van der Waals surface area contributed by atoms with Crippen LogP contribution < -0.4 is 11.3 Å². The molecule has 1 aliphatic rings. The number of nitrogens with one attached hydrogen (secondary N) is 1. The molecular weight excluding hydrogens is 260 g/mol. The molecule has 1 aromatic rings. The van der Waals surface area contributed by atoms with Crippen LogP contribution in [-0.4, -0.2) is 0 Å². The Labute approximate surface area is 97.0 Å². The van der Waals surface area contributed by atoms with Crippen LogP contribution in [0.4, 0.5) is 0 Å². The van der Waals surface area contributed by atoms with Gasteiger partial charge in [-0.1, -0.05) is 13.8 Å². The van der Waals surface area contributed by atoms with E-state index in [9.17, 15) is 0 Å². The van der Waals surface area contributed by atoms with Gasteiger partial charge in [0.1, 0.15) is 0 Å². The van der Waals surface area contributed by atoms with Crippen LogP contribution in [0.25, 0.3) is 0 Å². The zero-order valence-corrected chi connectivity index (χ0v) is 10.8. The van der Waals surface area contributed by atoms with Crippen molar-refractivity contribution in [3.05, 3.63) is 20.8 Å². The maximum atomic E-state index is 5.63. The molecule has 1 aliphatic carbocycles. The van der Waals surface area contributed by atoms with Gasteiger partial charge in [0.05, 0.1) is 6.04 Å². The Balaban J connectivity index is 2.20. The quantitative estimate of drug-likeness (QED) is 0.657. The van der Waals surface area contributed by atoms with Crippen molar-refractivity contribution in [1.82, 2.24) is 5.43 Å². The van der Waals surface area contributed by atoms with Crippen LogP contribution in [0.2, 0.25) is 0 Å². The smallest absolute Gasteiger partial charge is 0.0598 e. The summed E-state index contributed by atoms with van der Waals surface area (Å²) in [5.41, 5.74) is 3.39. The molecule has 1 heterocycles. The zero-order chi connectivity index (χ0) is 10.3. The van der Waals surface area contributed by atoms with Gasteiger partial charge in [0.25, 0.3) is 0 Å². The molecule has 2 rings (SSSR count). The van der Waals surface area contributed by atoms with E-state index < -0.39 is 0 Å². The summed E-state index contributed by atoms with van der Waals surface area (Å²) >= 11 is 5.32. The zero-order valence-electron chi connectivity index (χ0n) is 8.38. The third kappa shape index (κ3) is 1.76. The van der Waals surface area contributed by atoms with Crippen LogP contribution in [0.15, 0.2) is 15.9 Å². The average Bonchev–Trinajstić information content (AvgIpc) is 2.55. The van der Waals surface area contributed by atoms with Gasteiger partial charge in [-0.3, -0.25) is 11.3 Å². The lowest BCUT2D eigenvalue weighted by Crippen LogP contribution is -2.30. The van der Waals surface area contributed by atoms with E-state index in [2.05, 4.69) is 46.6 Å². The summed E-state index contributed by atoms with van der Waals surface area (Å²) < 4.78 is 1.17. The fourth-order valence-electron chi connectivity index (χ4n) is 1.98. The molecule has 0 bridgehead atoms. The van der Waals surface area contributed by atoms with Crippen molar-refractivity contribution in [2.24, 2.45) is 17.2 Å². The van der Waals surface area contributed by atoms with Crippen LogP contribution in [0.5, 0.6) is 0 Å². The van der Waals surface area contributed by atoms with Crippen molar-refractivity contribution in [3.63, 3.8) is 0 Å². The van der Waals surface area contributed by atoms with Gasteiger partial charge in [0.2, 0.25) is 0 Å². The first-order valence-electron chi connectivity index (χ1n) is 4.75. The summed E-state index contributed by atoms with van der Waals surface area (Å²) in [7, 11) is 0. The second-order valence-electron chi connectivity index (χ2n) is 4.58. The Morgan fingerprint density at radius 3 is 2.71 bits per heavy atom. The van der Waals surface area contributed by atoms with E-state index in [-0.39, 0.29) is 0 Å². The van der Waals surface area contributed by atoms with Crippen molar-refractivity contribution in [3.8, 4) is 0 Å². The maximum absolute atomic E-state index is 5.63. The number of hydrazine groups is 1. The minimum atomic E-state index is 0.305. The van der Waals surface area contributed by atoms with Crippen molar-refractivity contribution in [1.29, 1.82) is 0 Å². The molecular formula is C10H15BrN2S. The highest BCUT2D eigenvalue weighted by atomic mass is 79.9. The number of thiophene rings is 1. The molecule has 2 unspecified atom stereocenters. The molecule has 0 aliphatic heterocycles. The SMILES string of the molecule is CC1(C)CC1C(NN)c1sccc1Br. The minimum Gasteiger partial charge on any atom is -0.271 e. The normalized spacial score (nSPS) is 26.1. The van der Waals surface area contributed by atoms with E-state index in [1.165, 1.54) is 15.8 Å². The molecule has 0 spiro atoms. The van der Waals surface area contributed by atoms with Crippen molar-refractivity contribution in [2.75, 3.05) is 0 Å². The lowest BCUT2D eigenvalue weighted by Gasteiger charge is -2.16. The van der Waals surface area contributed by atoms with E-state index in [4.69, 9.17) is 5.84 Å². The molecule has 2 atom stereocenters. The fraction of sp³-hybridized carbons (Fsp3) is 0.600. The summed E-state index contributed by atoms with van der Waals surface area (Å²) in [5, 5.41) is 2.10. The number of halogens is 1. The molecule has 2 nitrogen and oxygen atoms in total. The van der Waals surface area contributed by atoms with E-state index in [1.54, 1.807) is 11.3 Å². The lowest BCUT2D eigenvalue weighted by molar-refractivity contribution is 0.427. The Hall–Kier alpha value is 0.100. The van der Waals surface area contributed by atoms with E-state index in [0.29, 0.717) is 17.4 Å². The van der Waals surface area contributed by atoms with Gasteiger partial charge >= 0.3 is 0 Å². The molecule has 1 fully saturated rings. The highest BCUT2D eigenvalue weighted by Crippen LogP contribution is 2.58. The molecule has 0 amide bonds. The predicted octanol–water partition coefficient (Wildman–Crippen LogP) is 3.06. The Bertz CT molecular complexity index is 335. The van der Waals surface area contributed by atoms with Gasteiger partial charge in [-0.05, 0) is 45.1 Å². The highest BCUT2D eigenvalue weighted by molar-refractivity contribution is 9.10. The first kappa shape index (κ1) is 10.6. The molecule has 0 aromatic carbocycles. The molecule has 0 saturated heterocycles.